The number of rotatable bonds is 4. The second-order valence-electron chi connectivity index (χ2n) is 6.05. The lowest BCUT2D eigenvalue weighted by molar-refractivity contribution is -0.117. The molecule has 5 heteroatoms. The number of carboxylic acids is 1. The lowest BCUT2D eigenvalue weighted by atomic mass is 9.80. The Hall–Kier alpha value is -2.04. The smallest absolute Gasteiger partial charge is 0.337 e. The van der Waals surface area contributed by atoms with Crippen LogP contribution in [0.2, 0.25) is 0 Å². The Morgan fingerprint density at radius 2 is 1.90 bits per heavy atom. The van der Waals surface area contributed by atoms with Crippen molar-refractivity contribution in [3.63, 3.8) is 0 Å². The Kier molecular flexibility index (Phi) is 4.76. The van der Waals surface area contributed by atoms with Crippen molar-refractivity contribution in [2.24, 2.45) is 11.3 Å². The third-order valence-electron chi connectivity index (χ3n) is 3.48. The summed E-state index contributed by atoms with van der Waals surface area (Å²) >= 11 is 0. The molecule has 1 amide bonds. The summed E-state index contributed by atoms with van der Waals surface area (Å²) in [5, 5.41) is 20.9. The third kappa shape index (κ3) is 4.26. The quantitative estimate of drug-likeness (QED) is 0.739. The fourth-order valence-electron chi connectivity index (χ4n) is 1.60. The van der Waals surface area contributed by atoms with Crippen LogP contribution in [0.25, 0.3) is 0 Å². The molecule has 0 saturated heterocycles. The van der Waals surface area contributed by atoms with Gasteiger partial charge in [-0.15, -0.1) is 0 Å². The second kappa shape index (κ2) is 5.94. The number of nitrogens with one attached hydrogen (secondary N) is 1. The fraction of sp³-hybridized carbons (Fsp3) is 0.467. The van der Waals surface area contributed by atoms with E-state index in [1.54, 1.807) is 0 Å². The van der Waals surface area contributed by atoms with E-state index in [0.29, 0.717) is 6.42 Å². The maximum absolute atomic E-state index is 12.0. The van der Waals surface area contributed by atoms with E-state index in [1.807, 2.05) is 27.7 Å². The average molecular weight is 279 g/mol. The molecule has 0 spiro atoms. The van der Waals surface area contributed by atoms with Crippen molar-refractivity contribution < 1.29 is 19.8 Å². The van der Waals surface area contributed by atoms with Gasteiger partial charge in [0.2, 0.25) is 5.91 Å². The number of aromatic carboxylic acids is 1. The Labute approximate surface area is 118 Å². The molecule has 1 aromatic carbocycles. The topological polar surface area (TPSA) is 86.6 Å². The van der Waals surface area contributed by atoms with Gasteiger partial charge in [0.15, 0.2) is 0 Å². The standard InChI is InChI=1S/C15H21NO4/c1-9(15(2,3)4)7-13(18)16-12-6-5-10(17)8-11(12)14(19)20/h5-6,8-9,17H,7H2,1-4H3,(H,16,18)(H,19,20). The number of anilines is 1. The molecule has 1 rings (SSSR count). The number of benzene rings is 1. The predicted octanol–water partition coefficient (Wildman–Crippen LogP) is 3.10. The Morgan fingerprint density at radius 1 is 1.30 bits per heavy atom. The van der Waals surface area contributed by atoms with Crippen molar-refractivity contribution in [1.29, 1.82) is 0 Å². The summed E-state index contributed by atoms with van der Waals surface area (Å²) in [5.41, 5.74) is 0.0743. The molecule has 1 atom stereocenters. The zero-order valence-electron chi connectivity index (χ0n) is 12.2. The van der Waals surface area contributed by atoms with E-state index in [2.05, 4.69) is 5.32 Å². The Balaban J connectivity index is 2.84. The number of carbonyl (C=O) groups is 2. The van der Waals surface area contributed by atoms with E-state index in [0.717, 1.165) is 6.07 Å². The molecule has 0 aliphatic carbocycles. The van der Waals surface area contributed by atoms with Crippen LogP contribution in [0.1, 0.15) is 44.5 Å². The molecule has 0 aliphatic heterocycles. The summed E-state index contributed by atoms with van der Waals surface area (Å²) in [7, 11) is 0. The SMILES string of the molecule is CC(CC(=O)Nc1ccc(O)cc1C(=O)O)C(C)(C)C. The van der Waals surface area contributed by atoms with Crippen LogP contribution >= 0.6 is 0 Å². The van der Waals surface area contributed by atoms with Crippen LogP contribution in [0.4, 0.5) is 5.69 Å². The number of carboxylic acid groups (broad SMARTS) is 1. The van der Waals surface area contributed by atoms with Crippen LogP contribution in [0.15, 0.2) is 18.2 Å². The van der Waals surface area contributed by atoms with E-state index in [-0.39, 0.29) is 34.2 Å². The van der Waals surface area contributed by atoms with Crippen LogP contribution in [0, 0.1) is 11.3 Å². The largest absolute Gasteiger partial charge is 0.508 e. The molecule has 3 N–H and O–H groups in total. The molecule has 0 fully saturated rings. The second-order valence-corrected chi connectivity index (χ2v) is 6.05. The molecule has 0 bridgehead atoms. The summed E-state index contributed by atoms with van der Waals surface area (Å²) in [6.07, 6.45) is 0.309. The summed E-state index contributed by atoms with van der Waals surface area (Å²) in [5.74, 6) is -1.42. The van der Waals surface area contributed by atoms with Crippen molar-refractivity contribution in [3.05, 3.63) is 23.8 Å². The maximum Gasteiger partial charge on any atom is 0.337 e. The van der Waals surface area contributed by atoms with E-state index >= 15 is 0 Å². The highest BCUT2D eigenvalue weighted by Gasteiger charge is 2.23. The summed E-state index contributed by atoms with van der Waals surface area (Å²) in [6.45, 7) is 8.13. The van der Waals surface area contributed by atoms with Crippen molar-refractivity contribution in [3.8, 4) is 5.75 Å². The average Bonchev–Trinajstić information content (AvgIpc) is 2.29. The van der Waals surface area contributed by atoms with Gasteiger partial charge >= 0.3 is 5.97 Å². The van der Waals surface area contributed by atoms with E-state index in [1.165, 1.54) is 12.1 Å². The molecule has 0 heterocycles. The molecule has 1 unspecified atom stereocenters. The first-order chi connectivity index (χ1) is 9.11. The Morgan fingerprint density at radius 3 is 2.40 bits per heavy atom. The number of hydrogen-bond donors (Lipinski definition) is 3. The number of aromatic hydroxyl groups is 1. The third-order valence-corrected chi connectivity index (χ3v) is 3.48. The van der Waals surface area contributed by atoms with Gasteiger partial charge in [-0.25, -0.2) is 4.79 Å². The first kappa shape index (κ1) is 16.0. The summed E-state index contributed by atoms with van der Waals surface area (Å²) in [6, 6.07) is 3.85. The molecule has 110 valence electrons. The van der Waals surface area contributed by atoms with Gasteiger partial charge in [-0.2, -0.15) is 0 Å². The minimum Gasteiger partial charge on any atom is -0.508 e. The van der Waals surface area contributed by atoms with Crippen LogP contribution < -0.4 is 5.32 Å². The molecular weight excluding hydrogens is 258 g/mol. The normalized spacial score (nSPS) is 12.8. The number of amides is 1. The first-order valence-corrected chi connectivity index (χ1v) is 6.47. The highest BCUT2D eigenvalue weighted by Crippen LogP contribution is 2.29. The van der Waals surface area contributed by atoms with Gasteiger partial charge in [0.25, 0.3) is 0 Å². The van der Waals surface area contributed by atoms with Crippen LogP contribution in [-0.2, 0) is 4.79 Å². The van der Waals surface area contributed by atoms with Gasteiger partial charge in [0, 0.05) is 6.42 Å². The number of phenols is 1. The molecule has 5 nitrogen and oxygen atoms in total. The lowest BCUT2D eigenvalue weighted by Crippen LogP contribution is -2.24. The van der Waals surface area contributed by atoms with Crippen molar-refractivity contribution >= 4 is 17.6 Å². The lowest BCUT2D eigenvalue weighted by Gasteiger charge is -2.26. The van der Waals surface area contributed by atoms with E-state index in [9.17, 15) is 14.7 Å². The van der Waals surface area contributed by atoms with Crippen molar-refractivity contribution in [1.82, 2.24) is 0 Å². The van der Waals surface area contributed by atoms with Crippen LogP contribution in [-0.4, -0.2) is 22.1 Å². The zero-order valence-corrected chi connectivity index (χ0v) is 12.2. The van der Waals surface area contributed by atoms with Crippen LogP contribution in [0.5, 0.6) is 5.75 Å². The van der Waals surface area contributed by atoms with Crippen molar-refractivity contribution in [2.75, 3.05) is 5.32 Å². The molecule has 0 aromatic heterocycles. The Bertz CT molecular complexity index is 517. The van der Waals surface area contributed by atoms with Gasteiger partial charge in [0.1, 0.15) is 5.75 Å². The van der Waals surface area contributed by atoms with Gasteiger partial charge in [0.05, 0.1) is 11.3 Å². The zero-order chi connectivity index (χ0) is 15.5. The first-order valence-electron chi connectivity index (χ1n) is 6.47. The summed E-state index contributed by atoms with van der Waals surface area (Å²) < 4.78 is 0. The molecule has 0 radical (unpaired) electrons. The minimum atomic E-state index is -1.19. The summed E-state index contributed by atoms with van der Waals surface area (Å²) in [4.78, 5) is 23.0. The number of carbonyl (C=O) groups excluding carboxylic acids is 1. The molecule has 20 heavy (non-hydrogen) atoms. The van der Waals surface area contributed by atoms with Gasteiger partial charge in [-0.05, 0) is 29.5 Å². The highest BCUT2D eigenvalue weighted by molar-refractivity contribution is 6.00. The molecule has 0 aliphatic rings. The van der Waals surface area contributed by atoms with E-state index in [4.69, 9.17) is 5.11 Å². The maximum atomic E-state index is 12.0. The van der Waals surface area contributed by atoms with E-state index < -0.39 is 5.97 Å². The van der Waals surface area contributed by atoms with Gasteiger partial charge < -0.3 is 15.5 Å². The fourth-order valence-corrected chi connectivity index (χ4v) is 1.60. The van der Waals surface area contributed by atoms with Crippen molar-refractivity contribution in [2.45, 2.75) is 34.1 Å². The molecule has 1 aromatic rings. The molecular formula is C15H21NO4. The monoisotopic (exact) mass is 279 g/mol. The predicted molar refractivity (Wildman–Crippen MR) is 76.9 cm³/mol. The van der Waals surface area contributed by atoms with Gasteiger partial charge in [-0.3, -0.25) is 4.79 Å². The highest BCUT2D eigenvalue weighted by atomic mass is 16.4. The van der Waals surface area contributed by atoms with Crippen LogP contribution in [0.3, 0.4) is 0 Å². The molecule has 0 saturated carbocycles. The van der Waals surface area contributed by atoms with Gasteiger partial charge in [-0.1, -0.05) is 27.7 Å². The number of phenolic OH excluding ortho intramolecular Hbond substituents is 1. The number of hydrogen-bond acceptors (Lipinski definition) is 3. The minimum absolute atomic E-state index is 0.00191.